The number of hydrogen-bond donors (Lipinski definition) is 1. The predicted octanol–water partition coefficient (Wildman–Crippen LogP) is 2.25. The summed E-state index contributed by atoms with van der Waals surface area (Å²) in [7, 11) is 1.87. The summed E-state index contributed by atoms with van der Waals surface area (Å²) in [6.07, 6.45) is 1.79. The first kappa shape index (κ1) is 11.9. The highest BCUT2D eigenvalue weighted by Crippen LogP contribution is 2.09. The van der Waals surface area contributed by atoms with Crippen LogP contribution in [0.5, 0.6) is 0 Å². The van der Waals surface area contributed by atoms with Crippen molar-refractivity contribution in [3.63, 3.8) is 0 Å². The predicted molar refractivity (Wildman–Crippen MR) is 63.5 cm³/mol. The van der Waals surface area contributed by atoms with Gasteiger partial charge in [-0.1, -0.05) is 24.2 Å². The van der Waals surface area contributed by atoms with Crippen LogP contribution in [0.2, 0.25) is 5.15 Å². The van der Waals surface area contributed by atoms with Crippen LogP contribution in [0, 0.1) is 0 Å². The molecule has 0 unspecified atom stereocenters. The van der Waals surface area contributed by atoms with Gasteiger partial charge in [-0.3, -0.25) is 0 Å². The Morgan fingerprint density at radius 3 is 2.80 bits per heavy atom. The van der Waals surface area contributed by atoms with E-state index in [-0.39, 0.29) is 0 Å². The summed E-state index contributed by atoms with van der Waals surface area (Å²) >= 11 is 5.72. The molecule has 0 aliphatic heterocycles. The summed E-state index contributed by atoms with van der Waals surface area (Å²) in [6.45, 7) is 7.71. The van der Waals surface area contributed by atoms with E-state index in [4.69, 9.17) is 11.6 Å². The summed E-state index contributed by atoms with van der Waals surface area (Å²) in [4.78, 5) is 6.17. The van der Waals surface area contributed by atoms with Crippen LogP contribution < -0.4 is 5.32 Å². The Labute approximate surface area is 95.8 Å². The van der Waals surface area contributed by atoms with E-state index in [0.29, 0.717) is 5.15 Å². The molecule has 0 saturated heterocycles. The summed E-state index contributed by atoms with van der Waals surface area (Å²) in [5.41, 5.74) is 1.12. The van der Waals surface area contributed by atoms with Gasteiger partial charge in [0.05, 0.1) is 5.82 Å². The number of pyridine rings is 1. The lowest BCUT2D eigenvalue weighted by Crippen LogP contribution is -2.28. The molecule has 0 spiro atoms. The SMILES string of the molecule is C=C(NC)N(CC)Cc1ccc(Cl)nc1. The Kier molecular flexibility index (Phi) is 4.43. The molecule has 0 aliphatic rings. The van der Waals surface area contributed by atoms with E-state index < -0.39 is 0 Å². The zero-order valence-electron chi connectivity index (χ0n) is 9.13. The average molecular weight is 226 g/mol. The first-order valence-corrected chi connectivity index (χ1v) is 5.27. The van der Waals surface area contributed by atoms with E-state index in [1.807, 2.05) is 13.1 Å². The number of rotatable bonds is 5. The zero-order chi connectivity index (χ0) is 11.3. The molecule has 0 aliphatic carbocycles. The normalized spacial score (nSPS) is 9.80. The summed E-state index contributed by atoms with van der Waals surface area (Å²) in [6, 6.07) is 3.77. The molecule has 0 amide bonds. The molecule has 1 heterocycles. The second-order valence-electron chi connectivity index (χ2n) is 3.20. The Hall–Kier alpha value is -1.22. The molecule has 0 bridgehead atoms. The molecule has 1 aromatic heterocycles. The Bertz CT molecular complexity index is 321. The molecule has 1 N–H and O–H groups in total. The van der Waals surface area contributed by atoms with Gasteiger partial charge in [-0.15, -0.1) is 0 Å². The lowest BCUT2D eigenvalue weighted by molar-refractivity contribution is 0.336. The molecule has 1 aromatic rings. The van der Waals surface area contributed by atoms with Gasteiger partial charge in [0, 0.05) is 26.3 Å². The number of nitrogens with one attached hydrogen (secondary N) is 1. The van der Waals surface area contributed by atoms with Crippen molar-refractivity contribution in [1.29, 1.82) is 0 Å². The standard InChI is InChI=1S/C11H16ClN3/c1-4-15(9(2)13-3)8-10-5-6-11(12)14-7-10/h5-7,13H,2,4,8H2,1,3H3. The summed E-state index contributed by atoms with van der Waals surface area (Å²) < 4.78 is 0. The maximum atomic E-state index is 5.72. The van der Waals surface area contributed by atoms with Crippen LogP contribution in [0.3, 0.4) is 0 Å². The first-order chi connectivity index (χ1) is 7.17. The number of hydrogen-bond acceptors (Lipinski definition) is 3. The van der Waals surface area contributed by atoms with E-state index in [2.05, 4.69) is 28.7 Å². The molecule has 15 heavy (non-hydrogen) atoms. The van der Waals surface area contributed by atoms with Crippen molar-refractivity contribution in [1.82, 2.24) is 15.2 Å². The molecular formula is C11H16ClN3. The minimum absolute atomic E-state index is 0.522. The monoisotopic (exact) mass is 225 g/mol. The van der Waals surface area contributed by atoms with Gasteiger partial charge < -0.3 is 10.2 Å². The van der Waals surface area contributed by atoms with Gasteiger partial charge >= 0.3 is 0 Å². The van der Waals surface area contributed by atoms with Crippen molar-refractivity contribution in [2.75, 3.05) is 13.6 Å². The van der Waals surface area contributed by atoms with Crippen LogP contribution in [0.1, 0.15) is 12.5 Å². The van der Waals surface area contributed by atoms with Crippen LogP contribution in [0.15, 0.2) is 30.7 Å². The van der Waals surface area contributed by atoms with Crippen LogP contribution in [-0.2, 0) is 6.54 Å². The fourth-order valence-electron chi connectivity index (χ4n) is 1.28. The maximum absolute atomic E-state index is 5.72. The highest BCUT2D eigenvalue weighted by molar-refractivity contribution is 6.29. The fourth-order valence-corrected chi connectivity index (χ4v) is 1.39. The molecule has 3 nitrogen and oxygen atoms in total. The molecule has 1 rings (SSSR count). The first-order valence-electron chi connectivity index (χ1n) is 4.89. The van der Waals surface area contributed by atoms with Gasteiger partial charge in [-0.25, -0.2) is 4.98 Å². The third-order valence-corrected chi connectivity index (χ3v) is 2.44. The summed E-state index contributed by atoms with van der Waals surface area (Å²) in [5, 5.41) is 3.56. The Balaban J connectivity index is 2.66. The van der Waals surface area contributed by atoms with Gasteiger partial charge in [-0.2, -0.15) is 0 Å². The van der Waals surface area contributed by atoms with E-state index in [0.717, 1.165) is 24.5 Å². The third kappa shape index (κ3) is 3.44. The molecular weight excluding hydrogens is 210 g/mol. The smallest absolute Gasteiger partial charge is 0.129 e. The summed E-state index contributed by atoms with van der Waals surface area (Å²) in [5.74, 6) is 0.910. The number of nitrogens with zero attached hydrogens (tertiary/aromatic N) is 2. The van der Waals surface area contributed by atoms with Gasteiger partial charge in [0.1, 0.15) is 5.15 Å². The quantitative estimate of drug-likeness (QED) is 0.780. The van der Waals surface area contributed by atoms with E-state index in [1.54, 1.807) is 12.3 Å². The van der Waals surface area contributed by atoms with Crippen molar-refractivity contribution >= 4 is 11.6 Å². The van der Waals surface area contributed by atoms with Crippen molar-refractivity contribution in [3.8, 4) is 0 Å². The maximum Gasteiger partial charge on any atom is 0.129 e. The van der Waals surface area contributed by atoms with Gasteiger partial charge in [-0.05, 0) is 18.6 Å². The molecule has 0 saturated carbocycles. The molecule has 0 atom stereocenters. The van der Waals surface area contributed by atoms with Crippen LogP contribution >= 0.6 is 11.6 Å². The second kappa shape index (κ2) is 5.61. The largest absolute Gasteiger partial charge is 0.375 e. The van der Waals surface area contributed by atoms with E-state index in [9.17, 15) is 0 Å². The molecule has 0 aromatic carbocycles. The minimum atomic E-state index is 0.522. The highest BCUT2D eigenvalue weighted by atomic mass is 35.5. The lowest BCUT2D eigenvalue weighted by atomic mass is 10.2. The van der Waals surface area contributed by atoms with Crippen LogP contribution in [0.4, 0.5) is 0 Å². The molecule has 82 valence electrons. The van der Waals surface area contributed by atoms with Crippen LogP contribution in [-0.4, -0.2) is 23.5 Å². The Morgan fingerprint density at radius 2 is 2.33 bits per heavy atom. The van der Waals surface area contributed by atoms with Gasteiger partial charge in [0.15, 0.2) is 0 Å². The Morgan fingerprint density at radius 1 is 1.60 bits per heavy atom. The van der Waals surface area contributed by atoms with Gasteiger partial charge in [0.25, 0.3) is 0 Å². The molecule has 0 radical (unpaired) electrons. The van der Waals surface area contributed by atoms with E-state index in [1.165, 1.54) is 0 Å². The van der Waals surface area contributed by atoms with Gasteiger partial charge in [0.2, 0.25) is 0 Å². The third-order valence-electron chi connectivity index (χ3n) is 2.21. The second-order valence-corrected chi connectivity index (χ2v) is 3.59. The highest BCUT2D eigenvalue weighted by Gasteiger charge is 2.04. The zero-order valence-corrected chi connectivity index (χ0v) is 9.88. The number of halogens is 1. The van der Waals surface area contributed by atoms with Crippen molar-refractivity contribution in [2.45, 2.75) is 13.5 Å². The van der Waals surface area contributed by atoms with Crippen LogP contribution in [0.25, 0.3) is 0 Å². The van der Waals surface area contributed by atoms with Crippen molar-refractivity contribution in [2.24, 2.45) is 0 Å². The van der Waals surface area contributed by atoms with E-state index >= 15 is 0 Å². The topological polar surface area (TPSA) is 28.2 Å². The molecule has 0 fully saturated rings. The fraction of sp³-hybridized carbons (Fsp3) is 0.364. The van der Waals surface area contributed by atoms with Crippen molar-refractivity contribution in [3.05, 3.63) is 41.4 Å². The van der Waals surface area contributed by atoms with Crippen molar-refractivity contribution < 1.29 is 0 Å². The molecule has 4 heteroatoms. The lowest BCUT2D eigenvalue weighted by Gasteiger charge is -2.24. The average Bonchev–Trinajstić information content (AvgIpc) is 2.27. The minimum Gasteiger partial charge on any atom is -0.375 e. The number of aromatic nitrogens is 1.